The standard InChI is InChI=1S/C16H22BrN3O/c1-3-7-18-11-15-12-19-13(2)20(15)8-9-21-16-6-4-5-14(17)10-16/h4-6,10,12,18H,3,7-9,11H2,1-2H3. The molecule has 1 heterocycles. The Kier molecular flexibility index (Phi) is 6.26. The minimum Gasteiger partial charge on any atom is -0.492 e. The zero-order valence-electron chi connectivity index (χ0n) is 12.6. The number of nitrogens with zero attached hydrogens (tertiary/aromatic N) is 2. The highest BCUT2D eigenvalue weighted by Crippen LogP contribution is 2.17. The van der Waals surface area contributed by atoms with Gasteiger partial charge in [-0.25, -0.2) is 4.98 Å². The van der Waals surface area contributed by atoms with Gasteiger partial charge in [-0.1, -0.05) is 28.9 Å². The number of benzene rings is 1. The maximum atomic E-state index is 5.80. The van der Waals surface area contributed by atoms with Crippen LogP contribution in [0.15, 0.2) is 34.9 Å². The van der Waals surface area contributed by atoms with E-state index >= 15 is 0 Å². The first-order valence-corrected chi connectivity index (χ1v) is 8.10. The molecule has 0 aliphatic rings. The van der Waals surface area contributed by atoms with Crippen molar-refractivity contribution in [3.8, 4) is 5.75 Å². The third kappa shape index (κ3) is 4.86. The molecule has 21 heavy (non-hydrogen) atoms. The van der Waals surface area contributed by atoms with E-state index in [1.165, 1.54) is 5.69 Å². The maximum Gasteiger partial charge on any atom is 0.120 e. The highest BCUT2D eigenvalue weighted by Gasteiger charge is 2.06. The molecular formula is C16H22BrN3O. The van der Waals surface area contributed by atoms with Gasteiger partial charge in [0.15, 0.2) is 0 Å². The lowest BCUT2D eigenvalue weighted by Crippen LogP contribution is -2.19. The second-order valence-corrected chi connectivity index (χ2v) is 5.85. The Balaban J connectivity index is 1.89. The molecule has 1 N–H and O–H groups in total. The van der Waals surface area contributed by atoms with Crippen LogP contribution in [0, 0.1) is 6.92 Å². The van der Waals surface area contributed by atoms with Gasteiger partial charge >= 0.3 is 0 Å². The highest BCUT2D eigenvalue weighted by atomic mass is 79.9. The number of hydrogen-bond acceptors (Lipinski definition) is 3. The van der Waals surface area contributed by atoms with Crippen LogP contribution in [0.4, 0.5) is 0 Å². The quantitative estimate of drug-likeness (QED) is 0.739. The highest BCUT2D eigenvalue weighted by molar-refractivity contribution is 9.10. The molecule has 0 bridgehead atoms. The fraction of sp³-hybridized carbons (Fsp3) is 0.438. The summed E-state index contributed by atoms with van der Waals surface area (Å²) in [6, 6.07) is 7.91. The summed E-state index contributed by atoms with van der Waals surface area (Å²) in [5.74, 6) is 1.91. The van der Waals surface area contributed by atoms with Gasteiger partial charge in [-0.15, -0.1) is 0 Å². The summed E-state index contributed by atoms with van der Waals surface area (Å²) < 4.78 is 9.04. The second-order valence-electron chi connectivity index (χ2n) is 4.93. The van der Waals surface area contributed by atoms with Crippen molar-refractivity contribution >= 4 is 15.9 Å². The number of aromatic nitrogens is 2. The topological polar surface area (TPSA) is 39.1 Å². The molecule has 0 atom stereocenters. The predicted molar refractivity (Wildman–Crippen MR) is 88.6 cm³/mol. The summed E-state index contributed by atoms with van der Waals surface area (Å²) in [6.45, 7) is 7.52. The number of halogens is 1. The molecule has 0 fully saturated rings. The van der Waals surface area contributed by atoms with Crippen LogP contribution in [0.2, 0.25) is 0 Å². The minimum absolute atomic E-state index is 0.633. The van der Waals surface area contributed by atoms with Crippen LogP contribution in [-0.4, -0.2) is 22.7 Å². The number of aryl methyl sites for hydroxylation is 1. The smallest absolute Gasteiger partial charge is 0.120 e. The van der Waals surface area contributed by atoms with Crippen LogP contribution in [0.1, 0.15) is 24.9 Å². The van der Waals surface area contributed by atoms with E-state index < -0.39 is 0 Å². The van der Waals surface area contributed by atoms with E-state index in [9.17, 15) is 0 Å². The van der Waals surface area contributed by atoms with Gasteiger partial charge in [-0.2, -0.15) is 0 Å². The number of nitrogens with one attached hydrogen (secondary N) is 1. The van der Waals surface area contributed by atoms with Crippen molar-refractivity contribution in [3.05, 3.63) is 46.5 Å². The van der Waals surface area contributed by atoms with Crippen LogP contribution in [0.5, 0.6) is 5.75 Å². The zero-order valence-corrected chi connectivity index (χ0v) is 14.2. The van der Waals surface area contributed by atoms with Gasteiger partial charge in [-0.05, 0) is 38.1 Å². The van der Waals surface area contributed by atoms with Gasteiger partial charge in [0.25, 0.3) is 0 Å². The van der Waals surface area contributed by atoms with Crippen molar-refractivity contribution in [1.29, 1.82) is 0 Å². The molecule has 1 aromatic heterocycles. The average Bonchev–Trinajstić information content (AvgIpc) is 2.81. The third-order valence-electron chi connectivity index (χ3n) is 3.25. The van der Waals surface area contributed by atoms with E-state index in [0.29, 0.717) is 6.61 Å². The van der Waals surface area contributed by atoms with Gasteiger partial charge < -0.3 is 14.6 Å². The van der Waals surface area contributed by atoms with Gasteiger partial charge in [-0.3, -0.25) is 0 Å². The normalized spacial score (nSPS) is 10.8. The first kappa shape index (κ1) is 16.0. The van der Waals surface area contributed by atoms with Crippen LogP contribution >= 0.6 is 15.9 Å². The lowest BCUT2D eigenvalue weighted by atomic mass is 10.3. The van der Waals surface area contributed by atoms with Crippen molar-refractivity contribution in [1.82, 2.24) is 14.9 Å². The van der Waals surface area contributed by atoms with Crippen molar-refractivity contribution in [2.24, 2.45) is 0 Å². The molecule has 0 aliphatic carbocycles. The van der Waals surface area contributed by atoms with Crippen LogP contribution in [0.25, 0.3) is 0 Å². The molecule has 0 amide bonds. The molecule has 114 valence electrons. The van der Waals surface area contributed by atoms with E-state index in [4.69, 9.17) is 4.74 Å². The Morgan fingerprint density at radius 2 is 2.24 bits per heavy atom. The second kappa shape index (κ2) is 8.20. The lowest BCUT2D eigenvalue weighted by molar-refractivity contribution is 0.294. The molecule has 0 unspecified atom stereocenters. The van der Waals surface area contributed by atoms with E-state index in [1.54, 1.807) is 0 Å². The summed E-state index contributed by atoms with van der Waals surface area (Å²) in [6.07, 6.45) is 3.08. The summed E-state index contributed by atoms with van der Waals surface area (Å²) in [5.41, 5.74) is 1.21. The SMILES string of the molecule is CCCNCc1cnc(C)n1CCOc1cccc(Br)c1. The molecule has 4 nitrogen and oxygen atoms in total. The predicted octanol–water partition coefficient (Wildman–Crippen LogP) is 3.53. The lowest BCUT2D eigenvalue weighted by Gasteiger charge is -2.12. The maximum absolute atomic E-state index is 5.80. The third-order valence-corrected chi connectivity index (χ3v) is 3.74. The Labute approximate surface area is 134 Å². The van der Waals surface area contributed by atoms with Gasteiger partial charge in [0.1, 0.15) is 18.2 Å². The Hall–Kier alpha value is -1.33. The number of hydrogen-bond donors (Lipinski definition) is 1. The molecule has 0 spiro atoms. The molecule has 2 rings (SSSR count). The van der Waals surface area contributed by atoms with Crippen molar-refractivity contribution < 1.29 is 4.74 Å². The molecule has 1 aromatic carbocycles. The van der Waals surface area contributed by atoms with E-state index in [2.05, 4.69) is 37.7 Å². The molecule has 5 heteroatoms. The number of rotatable bonds is 8. The molecule has 0 saturated carbocycles. The average molecular weight is 352 g/mol. The first-order valence-electron chi connectivity index (χ1n) is 7.30. The van der Waals surface area contributed by atoms with Gasteiger partial charge in [0.2, 0.25) is 0 Å². The number of ether oxygens (including phenoxy) is 1. The first-order chi connectivity index (χ1) is 10.2. The van der Waals surface area contributed by atoms with Crippen molar-refractivity contribution in [2.75, 3.05) is 13.2 Å². The van der Waals surface area contributed by atoms with Crippen molar-refractivity contribution in [3.63, 3.8) is 0 Å². The molecular weight excluding hydrogens is 330 g/mol. The summed E-state index contributed by atoms with van der Waals surface area (Å²) >= 11 is 3.45. The van der Waals surface area contributed by atoms with Gasteiger partial charge in [0.05, 0.1) is 12.2 Å². The molecule has 0 saturated heterocycles. The Bertz CT molecular complexity index is 568. The Morgan fingerprint density at radius 1 is 1.38 bits per heavy atom. The van der Waals surface area contributed by atoms with E-state index in [1.807, 2.05) is 37.4 Å². The summed E-state index contributed by atoms with van der Waals surface area (Å²) in [5, 5.41) is 3.41. The van der Waals surface area contributed by atoms with Crippen LogP contribution in [0.3, 0.4) is 0 Å². The summed E-state index contributed by atoms with van der Waals surface area (Å²) in [7, 11) is 0. The fourth-order valence-corrected chi connectivity index (χ4v) is 2.54. The fourth-order valence-electron chi connectivity index (χ4n) is 2.17. The number of imidazole rings is 1. The zero-order chi connectivity index (χ0) is 15.1. The molecule has 0 radical (unpaired) electrons. The monoisotopic (exact) mass is 351 g/mol. The van der Waals surface area contributed by atoms with Crippen LogP contribution in [-0.2, 0) is 13.1 Å². The van der Waals surface area contributed by atoms with E-state index in [0.717, 1.165) is 42.1 Å². The molecule has 0 aliphatic heterocycles. The van der Waals surface area contributed by atoms with Crippen molar-refractivity contribution in [2.45, 2.75) is 33.4 Å². The largest absolute Gasteiger partial charge is 0.492 e. The van der Waals surface area contributed by atoms with Crippen LogP contribution < -0.4 is 10.1 Å². The van der Waals surface area contributed by atoms with E-state index in [-0.39, 0.29) is 0 Å². The minimum atomic E-state index is 0.633. The van der Waals surface area contributed by atoms with Gasteiger partial charge in [0, 0.05) is 17.2 Å². The summed E-state index contributed by atoms with van der Waals surface area (Å²) in [4.78, 5) is 4.39. The molecule has 2 aromatic rings. The Morgan fingerprint density at radius 3 is 3.00 bits per heavy atom.